The second-order valence-electron chi connectivity index (χ2n) is 5.53. The summed E-state index contributed by atoms with van der Waals surface area (Å²) in [6.07, 6.45) is 4.35. The van der Waals surface area contributed by atoms with Gasteiger partial charge in [0.25, 0.3) is 0 Å². The van der Waals surface area contributed by atoms with Gasteiger partial charge in [-0.15, -0.1) is 5.10 Å². The summed E-state index contributed by atoms with van der Waals surface area (Å²) in [7, 11) is 4.06. The summed E-state index contributed by atoms with van der Waals surface area (Å²) in [4.78, 5) is 6.75. The lowest BCUT2D eigenvalue weighted by Gasteiger charge is -2.11. The normalized spacial score (nSPS) is 12.2. The van der Waals surface area contributed by atoms with Gasteiger partial charge in [0.2, 0.25) is 5.65 Å². The van der Waals surface area contributed by atoms with Gasteiger partial charge in [0, 0.05) is 25.5 Å². The maximum absolute atomic E-state index is 4.67. The molecule has 6 nitrogen and oxygen atoms in total. The van der Waals surface area contributed by atoms with E-state index in [2.05, 4.69) is 56.6 Å². The highest BCUT2D eigenvalue weighted by molar-refractivity contribution is 7.99. The third-order valence-electron chi connectivity index (χ3n) is 3.54. The van der Waals surface area contributed by atoms with Crippen LogP contribution in [0.4, 0.5) is 5.69 Å². The summed E-state index contributed by atoms with van der Waals surface area (Å²) in [5, 5.41) is 13.6. The molecule has 0 bridgehead atoms. The third kappa shape index (κ3) is 3.44. The first-order valence-electron chi connectivity index (χ1n) is 7.68. The Morgan fingerprint density at radius 1 is 1.22 bits per heavy atom. The highest BCUT2D eigenvalue weighted by Crippen LogP contribution is 2.16. The van der Waals surface area contributed by atoms with Gasteiger partial charge in [0.15, 0.2) is 5.16 Å². The second kappa shape index (κ2) is 6.95. The van der Waals surface area contributed by atoms with E-state index in [0.717, 1.165) is 28.2 Å². The van der Waals surface area contributed by atoms with E-state index in [4.69, 9.17) is 0 Å². The van der Waals surface area contributed by atoms with E-state index in [0.29, 0.717) is 5.65 Å². The van der Waals surface area contributed by atoms with E-state index in [1.807, 2.05) is 20.2 Å². The fraction of sp³-hybridized carbons (Fsp3) is 0.375. The molecule has 1 aromatic carbocycles. The molecule has 7 heteroatoms. The molecule has 0 aliphatic carbocycles. The lowest BCUT2D eigenvalue weighted by Crippen LogP contribution is -2.08. The molecule has 0 atom stereocenters. The predicted molar refractivity (Wildman–Crippen MR) is 93.8 cm³/mol. The van der Waals surface area contributed by atoms with Gasteiger partial charge < -0.3 is 4.90 Å². The van der Waals surface area contributed by atoms with Gasteiger partial charge in [-0.25, -0.2) is 4.98 Å². The molecule has 0 aliphatic heterocycles. The van der Waals surface area contributed by atoms with E-state index in [1.165, 1.54) is 12.1 Å². The van der Waals surface area contributed by atoms with Crippen LogP contribution in [0, 0.1) is 0 Å². The van der Waals surface area contributed by atoms with Crippen molar-refractivity contribution in [1.82, 2.24) is 25.0 Å². The van der Waals surface area contributed by atoms with Crippen molar-refractivity contribution in [3.63, 3.8) is 0 Å². The van der Waals surface area contributed by atoms with Gasteiger partial charge in [0.1, 0.15) is 5.35 Å². The van der Waals surface area contributed by atoms with E-state index in [1.54, 1.807) is 16.3 Å². The zero-order valence-corrected chi connectivity index (χ0v) is 14.4. The van der Waals surface area contributed by atoms with Crippen LogP contribution in [0.2, 0.25) is 0 Å². The lowest BCUT2D eigenvalue weighted by molar-refractivity contribution is 0.750. The second-order valence-corrected chi connectivity index (χ2v) is 6.59. The van der Waals surface area contributed by atoms with Crippen molar-refractivity contribution >= 4 is 29.2 Å². The Bertz CT molecular complexity index is 824. The maximum Gasteiger partial charge on any atom is 0.207 e. The highest BCUT2D eigenvalue weighted by atomic mass is 32.2. The number of anilines is 1. The van der Waals surface area contributed by atoms with Gasteiger partial charge >= 0.3 is 0 Å². The Hall–Kier alpha value is -2.15. The fourth-order valence-electron chi connectivity index (χ4n) is 2.20. The molecular formula is C16H20N6S. The van der Waals surface area contributed by atoms with E-state index in [9.17, 15) is 0 Å². The number of fused-ring (bicyclic) bond motifs is 1. The summed E-state index contributed by atoms with van der Waals surface area (Å²) < 4.78 is 1.72. The Balaban J connectivity index is 1.93. The van der Waals surface area contributed by atoms with Crippen molar-refractivity contribution in [3.05, 3.63) is 35.2 Å². The topological polar surface area (TPSA) is 59.2 Å². The minimum atomic E-state index is 0.709. The summed E-state index contributed by atoms with van der Waals surface area (Å²) in [6.45, 7) is 2.18. The van der Waals surface area contributed by atoms with Crippen LogP contribution in [0.5, 0.6) is 0 Å². The minimum Gasteiger partial charge on any atom is -0.378 e. The van der Waals surface area contributed by atoms with Crippen LogP contribution >= 0.6 is 11.8 Å². The average Bonchev–Trinajstić information content (AvgIpc) is 3.13. The van der Waals surface area contributed by atoms with Crippen LogP contribution in [-0.2, 0) is 0 Å². The first-order valence-corrected chi connectivity index (χ1v) is 8.67. The number of benzene rings is 1. The largest absolute Gasteiger partial charge is 0.378 e. The van der Waals surface area contributed by atoms with Crippen molar-refractivity contribution < 1.29 is 0 Å². The molecule has 2 aromatic heterocycles. The van der Waals surface area contributed by atoms with E-state index >= 15 is 0 Å². The number of unbranched alkanes of at least 4 members (excludes halogenated alkanes) is 1. The fourth-order valence-corrected chi connectivity index (χ4v) is 3.22. The van der Waals surface area contributed by atoms with Crippen molar-refractivity contribution in [2.45, 2.75) is 24.9 Å². The van der Waals surface area contributed by atoms with Gasteiger partial charge in [-0.05, 0) is 40.6 Å². The molecule has 120 valence electrons. The molecule has 0 N–H and O–H groups in total. The number of nitrogens with zero attached hydrogens (tertiary/aromatic N) is 6. The number of thioether (sulfide) groups is 1. The number of hydrogen-bond donors (Lipinski definition) is 0. The molecule has 0 saturated carbocycles. The van der Waals surface area contributed by atoms with Crippen LogP contribution in [0.25, 0.3) is 11.7 Å². The van der Waals surface area contributed by atoms with Crippen LogP contribution in [0.1, 0.15) is 25.3 Å². The monoisotopic (exact) mass is 328 g/mol. The van der Waals surface area contributed by atoms with Gasteiger partial charge in [-0.1, -0.05) is 37.2 Å². The smallest absolute Gasteiger partial charge is 0.207 e. The maximum atomic E-state index is 4.67. The Morgan fingerprint density at radius 2 is 2.00 bits per heavy atom. The van der Waals surface area contributed by atoms with Gasteiger partial charge in [-0.2, -0.15) is 4.52 Å². The molecule has 23 heavy (non-hydrogen) atoms. The quantitative estimate of drug-likeness (QED) is 0.510. The van der Waals surface area contributed by atoms with E-state index in [-0.39, 0.29) is 0 Å². The number of tetrazole rings is 1. The number of hydrogen-bond acceptors (Lipinski definition) is 6. The standard InChI is InChI=1S/C16H20N6S/c1-4-5-10-23-16-17-14(15-18-19-20-22(15)16)11-12-6-8-13(9-7-12)21(2)3/h6-9,11H,4-5,10H2,1-3H3. The van der Waals surface area contributed by atoms with E-state index < -0.39 is 0 Å². The lowest BCUT2D eigenvalue weighted by atomic mass is 10.2. The Labute approximate surface area is 139 Å². The van der Waals surface area contributed by atoms with Crippen LogP contribution in [0.3, 0.4) is 0 Å². The molecule has 0 fully saturated rings. The van der Waals surface area contributed by atoms with Crippen molar-refractivity contribution in [3.8, 4) is 0 Å². The molecule has 2 heterocycles. The number of imidazole rings is 1. The molecule has 0 aliphatic rings. The molecule has 0 unspecified atom stereocenters. The molecule has 0 amide bonds. The molecule has 0 radical (unpaired) electrons. The van der Waals surface area contributed by atoms with Crippen LogP contribution < -0.4 is 10.2 Å². The van der Waals surface area contributed by atoms with Gasteiger partial charge in [0.05, 0.1) is 0 Å². The predicted octanol–water partition coefficient (Wildman–Crippen LogP) is 2.03. The Morgan fingerprint density at radius 3 is 2.70 bits per heavy atom. The number of rotatable bonds is 6. The number of aromatic nitrogens is 5. The first kappa shape index (κ1) is 15.7. The summed E-state index contributed by atoms with van der Waals surface area (Å²) in [6, 6.07) is 8.33. The minimum absolute atomic E-state index is 0.709. The average molecular weight is 328 g/mol. The van der Waals surface area contributed by atoms with Crippen molar-refractivity contribution in [2.75, 3.05) is 24.7 Å². The molecule has 3 rings (SSSR count). The zero-order chi connectivity index (χ0) is 16.2. The van der Waals surface area contributed by atoms with Crippen LogP contribution in [0.15, 0.2) is 29.4 Å². The summed E-state index contributed by atoms with van der Waals surface area (Å²) in [5.74, 6) is 1.03. The van der Waals surface area contributed by atoms with Gasteiger partial charge in [-0.3, -0.25) is 0 Å². The molecule has 3 aromatic rings. The summed E-state index contributed by atoms with van der Waals surface area (Å²) >= 11 is 1.70. The Kier molecular flexibility index (Phi) is 4.76. The van der Waals surface area contributed by atoms with Crippen LogP contribution in [-0.4, -0.2) is 44.9 Å². The molecule has 0 spiro atoms. The molecule has 0 saturated heterocycles. The van der Waals surface area contributed by atoms with Crippen molar-refractivity contribution in [1.29, 1.82) is 0 Å². The first-order chi connectivity index (χ1) is 11.2. The van der Waals surface area contributed by atoms with Crippen molar-refractivity contribution in [2.24, 2.45) is 0 Å². The molecular weight excluding hydrogens is 308 g/mol. The summed E-state index contributed by atoms with van der Waals surface area (Å²) in [5.41, 5.74) is 2.96. The third-order valence-corrected chi connectivity index (χ3v) is 4.55. The zero-order valence-electron chi connectivity index (χ0n) is 13.6. The highest BCUT2D eigenvalue weighted by Gasteiger charge is 2.10. The SMILES string of the molecule is CCCCSc1nc(=Cc2ccc(N(C)C)cc2)c2nnnn12.